The van der Waals surface area contributed by atoms with E-state index >= 15 is 0 Å². The van der Waals surface area contributed by atoms with E-state index in [1.54, 1.807) is 7.05 Å². The number of hydrogen-bond donors (Lipinski definition) is 2. The van der Waals surface area contributed by atoms with Crippen LogP contribution in [0.1, 0.15) is 17.3 Å². The third-order valence-corrected chi connectivity index (χ3v) is 3.40. The molecule has 19 heavy (non-hydrogen) atoms. The van der Waals surface area contributed by atoms with Gasteiger partial charge in [0.2, 0.25) is 5.91 Å². The van der Waals surface area contributed by atoms with Crippen LogP contribution in [0.3, 0.4) is 0 Å². The Labute approximate surface area is 121 Å². The fraction of sp³-hybridized carbons (Fsp3) is 0.333. The fourth-order valence-electron chi connectivity index (χ4n) is 1.34. The fourth-order valence-corrected chi connectivity index (χ4v) is 1.76. The summed E-state index contributed by atoms with van der Waals surface area (Å²) >= 11 is 11.8. The third-order valence-electron chi connectivity index (χ3n) is 2.60. The summed E-state index contributed by atoms with van der Waals surface area (Å²) in [6, 6.07) is 2.87. The smallest absolute Gasteiger partial charge is 0.253 e. The van der Waals surface area contributed by atoms with E-state index in [1.807, 2.05) is 6.92 Å². The molecule has 0 saturated heterocycles. The van der Waals surface area contributed by atoms with Crippen molar-refractivity contribution in [3.05, 3.63) is 27.7 Å². The molecule has 104 valence electrons. The molecule has 0 aromatic heterocycles. The largest absolute Gasteiger partial charge is 0.399 e. The summed E-state index contributed by atoms with van der Waals surface area (Å²) in [5.74, 6) is -0.681. The van der Waals surface area contributed by atoms with E-state index in [2.05, 4.69) is 5.32 Å². The minimum atomic E-state index is -0.489. The van der Waals surface area contributed by atoms with Crippen LogP contribution in [0.25, 0.3) is 0 Å². The number of nitrogens with zero attached hydrogens (tertiary/aromatic N) is 1. The molecule has 0 aliphatic heterocycles. The van der Waals surface area contributed by atoms with Crippen LogP contribution in [0.15, 0.2) is 12.1 Å². The van der Waals surface area contributed by atoms with Gasteiger partial charge in [-0.2, -0.15) is 0 Å². The Bertz CT molecular complexity index is 506. The van der Waals surface area contributed by atoms with Crippen LogP contribution >= 0.6 is 23.2 Å². The van der Waals surface area contributed by atoms with Crippen LogP contribution in [-0.4, -0.2) is 36.9 Å². The lowest BCUT2D eigenvalue weighted by molar-refractivity contribution is -0.128. The topological polar surface area (TPSA) is 75.4 Å². The van der Waals surface area contributed by atoms with Gasteiger partial charge in [0.15, 0.2) is 0 Å². The van der Waals surface area contributed by atoms with E-state index < -0.39 is 5.91 Å². The Kier molecular flexibility index (Phi) is 5.44. The molecule has 0 unspecified atom stereocenters. The summed E-state index contributed by atoms with van der Waals surface area (Å²) in [5.41, 5.74) is 6.08. The van der Waals surface area contributed by atoms with Gasteiger partial charge in [0.05, 0.1) is 22.2 Å². The molecule has 1 aromatic rings. The number of hydrogen-bond acceptors (Lipinski definition) is 3. The van der Waals surface area contributed by atoms with Gasteiger partial charge in [-0.25, -0.2) is 0 Å². The second-order valence-corrected chi connectivity index (χ2v) is 4.74. The van der Waals surface area contributed by atoms with Crippen LogP contribution in [0, 0.1) is 0 Å². The molecule has 2 amide bonds. The quantitative estimate of drug-likeness (QED) is 0.833. The summed E-state index contributed by atoms with van der Waals surface area (Å²) in [7, 11) is 1.65. The molecule has 0 radical (unpaired) electrons. The lowest BCUT2D eigenvalue weighted by Crippen LogP contribution is -2.38. The Morgan fingerprint density at radius 3 is 2.58 bits per heavy atom. The van der Waals surface area contributed by atoms with Crippen LogP contribution in [0.4, 0.5) is 5.69 Å². The first-order chi connectivity index (χ1) is 8.86. The number of halogens is 2. The van der Waals surface area contributed by atoms with Crippen molar-refractivity contribution in [1.82, 2.24) is 10.2 Å². The van der Waals surface area contributed by atoms with Crippen LogP contribution < -0.4 is 11.1 Å². The van der Waals surface area contributed by atoms with Crippen molar-refractivity contribution in [2.45, 2.75) is 6.92 Å². The molecule has 0 bridgehead atoms. The Morgan fingerprint density at radius 1 is 1.37 bits per heavy atom. The van der Waals surface area contributed by atoms with Crippen molar-refractivity contribution in [2.75, 3.05) is 25.9 Å². The zero-order valence-corrected chi connectivity index (χ0v) is 12.2. The monoisotopic (exact) mass is 303 g/mol. The molecule has 1 rings (SSSR count). The first-order valence-corrected chi connectivity index (χ1v) is 6.39. The van der Waals surface area contributed by atoms with Crippen LogP contribution in [0.5, 0.6) is 0 Å². The molecular formula is C12H15Cl2N3O2. The molecule has 0 atom stereocenters. The number of nitrogen functional groups attached to an aromatic ring is 1. The number of rotatable bonds is 4. The summed E-state index contributed by atoms with van der Waals surface area (Å²) < 4.78 is 0. The molecular weight excluding hydrogens is 289 g/mol. The summed E-state index contributed by atoms with van der Waals surface area (Å²) in [5, 5.41) is 2.79. The van der Waals surface area contributed by atoms with Gasteiger partial charge in [-0.05, 0) is 19.1 Å². The zero-order chi connectivity index (χ0) is 14.6. The van der Waals surface area contributed by atoms with Gasteiger partial charge < -0.3 is 16.0 Å². The van der Waals surface area contributed by atoms with Gasteiger partial charge >= 0.3 is 0 Å². The van der Waals surface area contributed by atoms with Gasteiger partial charge in [-0.15, -0.1) is 0 Å². The highest BCUT2D eigenvalue weighted by molar-refractivity contribution is 6.44. The molecule has 1 aromatic carbocycles. The van der Waals surface area contributed by atoms with Crippen LogP contribution in [0.2, 0.25) is 10.0 Å². The van der Waals surface area contributed by atoms with E-state index in [1.165, 1.54) is 17.0 Å². The van der Waals surface area contributed by atoms with Crippen molar-refractivity contribution in [2.24, 2.45) is 0 Å². The van der Waals surface area contributed by atoms with E-state index in [4.69, 9.17) is 28.9 Å². The molecule has 3 N–H and O–H groups in total. The standard InChI is InChI=1S/C12H15Cl2N3O2/c1-3-17(2)10(18)6-16-12(19)8-4-7(15)5-9(13)11(8)14/h4-5H,3,6,15H2,1-2H3,(H,16,19). The molecule has 0 spiro atoms. The first kappa shape index (κ1) is 15.6. The Balaban J connectivity index is 2.77. The molecule has 7 heteroatoms. The second kappa shape index (κ2) is 6.63. The van der Waals surface area contributed by atoms with Gasteiger partial charge in [0, 0.05) is 19.3 Å². The number of anilines is 1. The number of amides is 2. The highest BCUT2D eigenvalue weighted by Gasteiger charge is 2.15. The SMILES string of the molecule is CCN(C)C(=O)CNC(=O)c1cc(N)cc(Cl)c1Cl. The highest BCUT2D eigenvalue weighted by Crippen LogP contribution is 2.28. The van der Waals surface area contributed by atoms with Crippen molar-refractivity contribution in [3.63, 3.8) is 0 Å². The lowest BCUT2D eigenvalue weighted by Gasteiger charge is -2.15. The third kappa shape index (κ3) is 4.01. The maximum absolute atomic E-state index is 11.9. The summed E-state index contributed by atoms with van der Waals surface area (Å²) in [6.07, 6.45) is 0. The molecule has 0 aliphatic carbocycles. The second-order valence-electron chi connectivity index (χ2n) is 3.95. The predicted molar refractivity (Wildman–Crippen MR) is 76.5 cm³/mol. The summed E-state index contributed by atoms with van der Waals surface area (Å²) in [4.78, 5) is 25.0. The average molecular weight is 304 g/mol. The van der Waals surface area contributed by atoms with Crippen molar-refractivity contribution in [3.8, 4) is 0 Å². The molecule has 0 aliphatic rings. The minimum Gasteiger partial charge on any atom is -0.399 e. The number of likely N-dealkylation sites (N-methyl/N-ethyl adjacent to an activating group) is 1. The molecule has 0 fully saturated rings. The average Bonchev–Trinajstić information content (AvgIpc) is 2.38. The molecule has 0 saturated carbocycles. The number of nitrogens with one attached hydrogen (secondary N) is 1. The Hall–Kier alpha value is -1.46. The minimum absolute atomic E-state index is 0.105. The van der Waals surface area contributed by atoms with E-state index in [0.29, 0.717) is 12.2 Å². The zero-order valence-electron chi connectivity index (χ0n) is 10.7. The number of carbonyl (C=O) groups excluding carboxylic acids is 2. The maximum atomic E-state index is 11.9. The van der Waals surface area contributed by atoms with E-state index in [-0.39, 0.29) is 28.1 Å². The highest BCUT2D eigenvalue weighted by atomic mass is 35.5. The van der Waals surface area contributed by atoms with Gasteiger partial charge in [0.25, 0.3) is 5.91 Å². The number of benzene rings is 1. The van der Waals surface area contributed by atoms with Crippen molar-refractivity contribution >= 4 is 40.7 Å². The predicted octanol–water partition coefficient (Wildman–Crippen LogP) is 1.78. The Morgan fingerprint density at radius 2 is 2.00 bits per heavy atom. The van der Waals surface area contributed by atoms with E-state index in [9.17, 15) is 9.59 Å². The van der Waals surface area contributed by atoms with Crippen LogP contribution in [-0.2, 0) is 4.79 Å². The number of nitrogens with two attached hydrogens (primary N) is 1. The maximum Gasteiger partial charge on any atom is 0.253 e. The van der Waals surface area contributed by atoms with Gasteiger partial charge in [0.1, 0.15) is 0 Å². The van der Waals surface area contributed by atoms with Crippen molar-refractivity contribution in [1.29, 1.82) is 0 Å². The van der Waals surface area contributed by atoms with Gasteiger partial charge in [-0.3, -0.25) is 9.59 Å². The first-order valence-electron chi connectivity index (χ1n) is 5.63. The normalized spacial score (nSPS) is 10.1. The number of carbonyl (C=O) groups is 2. The summed E-state index contributed by atoms with van der Waals surface area (Å²) in [6.45, 7) is 2.31. The lowest BCUT2D eigenvalue weighted by atomic mass is 10.2. The molecule has 0 heterocycles. The van der Waals surface area contributed by atoms with E-state index in [0.717, 1.165) is 0 Å². The molecule has 5 nitrogen and oxygen atoms in total. The van der Waals surface area contributed by atoms with Crippen molar-refractivity contribution < 1.29 is 9.59 Å². The van der Waals surface area contributed by atoms with Gasteiger partial charge in [-0.1, -0.05) is 23.2 Å².